The average molecular weight is 280 g/mol. The summed E-state index contributed by atoms with van der Waals surface area (Å²) in [5.74, 6) is 2.76. The Balaban J connectivity index is 2.29. The lowest BCUT2D eigenvalue weighted by Crippen LogP contribution is -2.36. The van der Waals surface area contributed by atoms with Crippen molar-refractivity contribution < 1.29 is 14.3 Å². The van der Waals surface area contributed by atoms with Crippen LogP contribution in [0.2, 0.25) is 0 Å². The second-order valence-electron chi connectivity index (χ2n) is 6.16. The number of carbonyl (C=O) groups is 2. The van der Waals surface area contributed by atoms with Crippen LogP contribution in [0, 0.1) is 18.3 Å². The van der Waals surface area contributed by atoms with Gasteiger partial charge in [0.25, 0.3) is 0 Å². The fourth-order valence-corrected chi connectivity index (χ4v) is 2.03. The first-order valence-electron chi connectivity index (χ1n) is 6.91. The SMILES string of the molecule is C#CC1CC(=O)N(CCCN(C)C(=O)OC(C)(C)C)C1. The molecule has 0 aromatic carbocycles. The summed E-state index contributed by atoms with van der Waals surface area (Å²) in [4.78, 5) is 26.7. The number of amides is 2. The summed E-state index contributed by atoms with van der Waals surface area (Å²) < 4.78 is 5.26. The number of rotatable bonds is 4. The molecule has 5 nitrogen and oxygen atoms in total. The minimum atomic E-state index is -0.490. The maximum Gasteiger partial charge on any atom is 0.410 e. The van der Waals surface area contributed by atoms with Gasteiger partial charge in [0.2, 0.25) is 5.91 Å². The zero-order chi connectivity index (χ0) is 15.3. The molecule has 1 aliphatic heterocycles. The quantitative estimate of drug-likeness (QED) is 0.737. The molecule has 1 aliphatic rings. The van der Waals surface area contributed by atoms with Gasteiger partial charge in [0.05, 0.1) is 0 Å². The minimum Gasteiger partial charge on any atom is -0.444 e. The fraction of sp³-hybridized carbons (Fsp3) is 0.733. The normalized spacial score (nSPS) is 18.9. The highest BCUT2D eigenvalue weighted by atomic mass is 16.6. The Morgan fingerprint density at radius 3 is 2.70 bits per heavy atom. The molecule has 112 valence electrons. The Kier molecular flexibility index (Phi) is 5.43. The van der Waals surface area contributed by atoms with Crippen LogP contribution in [-0.2, 0) is 9.53 Å². The molecule has 0 aromatic heterocycles. The Hall–Kier alpha value is -1.70. The van der Waals surface area contributed by atoms with Crippen molar-refractivity contribution in [2.45, 2.75) is 39.2 Å². The first kappa shape index (κ1) is 16.4. The van der Waals surface area contributed by atoms with E-state index in [2.05, 4.69) is 5.92 Å². The van der Waals surface area contributed by atoms with Crippen LogP contribution in [-0.4, -0.2) is 54.1 Å². The average Bonchev–Trinajstić information content (AvgIpc) is 2.68. The summed E-state index contributed by atoms with van der Waals surface area (Å²) >= 11 is 0. The Morgan fingerprint density at radius 1 is 1.55 bits per heavy atom. The number of likely N-dealkylation sites (tertiary alicyclic amines) is 1. The van der Waals surface area contributed by atoms with Crippen LogP contribution in [0.25, 0.3) is 0 Å². The van der Waals surface area contributed by atoms with Gasteiger partial charge < -0.3 is 14.5 Å². The Bertz CT molecular complexity index is 406. The van der Waals surface area contributed by atoms with Crippen LogP contribution in [0.3, 0.4) is 0 Å². The van der Waals surface area contributed by atoms with Crippen molar-refractivity contribution in [3.05, 3.63) is 0 Å². The number of hydrogen-bond donors (Lipinski definition) is 0. The Morgan fingerprint density at radius 2 is 2.20 bits per heavy atom. The van der Waals surface area contributed by atoms with Gasteiger partial charge in [-0.05, 0) is 27.2 Å². The lowest BCUT2D eigenvalue weighted by Gasteiger charge is -2.25. The van der Waals surface area contributed by atoms with E-state index in [9.17, 15) is 9.59 Å². The van der Waals surface area contributed by atoms with E-state index in [1.54, 1.807) is 11.9 Å². The molecule has 20 heavy (non-hydrogen) atoms. The first-order valence-corrected chi connectivity index (χ1v) is 6.91. The summed E-state index contributed by atoms with van der Waals surface area (Å²) in [6.07, 6.45) is 6.16. The van der Waals surface area contributed by atoms with E-state index in [-0.39, 0.29) is 17.9 Å². The molecule has 0 aromatic rings. The standard InChI is InChI=1S/C15H24N2O3/c1-6-12-10-13(18)17(11-12)9-7-8-16(5)14(19)20-15(2,3)4/h1,12H,7-11H2,2-5H3. The maximum absolute atomic E-state index is 11.7. The van der Waals surface area contributed by atoms with Crippen LogP contribution in [0.15, 0.2) is 0 Å². The van der Waals surface area contributed by atoms with Gasteiger partial charge in [-0.25, -0.2) is 4.79 Å². The van der Waals surface area contributed by atoms with Crippen LogP contribution >= 0.6 is 0 Å². The van der Waals surface area contributed by atoms with Crippen molar-refractivity contribution in [1.29, 1.82) is 0 Å². The molecule has 0 bridgehead atoms. The molecule has 0 spiro atoms. The van der Waals surface area contributed by atoms with E-state index >= 15 is 0 Å². The van der Waals surface area contributed by atoms with Crippen molar-refractivity contribution >= 4 is 12.0 Å². The van der Waals surface area contributed by atoms with Gasteiger partial charge in [0, 0.05) is 39.0 Å². The number of ether oxygens (including phenoxy) is 1. The van der Waals surface area contributed by atoms with E-state index in [0.717, 1.165) is 6.42 Å². The topological polar surface area (TPSA) is 49.9 Å². The zero-order valence-corrected chi connectivity index (χ0v) is 12.8. The second-order valence-corrected chi connectivity index (χ2v) is 6.16. The Labute approximate surface area is 121 Å². The van der Waals surface area contributed by atoms with Crippen LogP contribution in [0.5, 0.6) is 0 Å². The van der Waals surface area contributed by atoms with Gasteiger partial charge in [-0.2, -0.15) is 0 Å². The van der Waals surface area contributed by atoms with Crippen molar-refractivity contribution in [1.82, 2.24) is 9.80 Å². The zero-order valence-electron chi connectivity index (χ0n) is 12.8. The largest absolute Gasteiger partial charge is 0.444 e. The predicted octanol–water partition coefficient (Wildman–Crippen LogP) is 1.73. The predicted molar refractivity (Wildman–Crippen MR) is 77.0 cm³/mol. The lowest BCUT2D eigenvalue weighted by atomic mass is 10.1. The summed E-state index contributed by atoms with van der Waals surface area (Å²) in [6, 6.07) is 0. The molecule has 0 radical (unpaired) electrons. The summed E-state index contributed by atoms with van der Waals surface area (Å²) in [7, 11) is 1.70. The highest BCUT2D eigenvalue weighted by Gasteiger charge is 2.27. The fourth-order valence-electron chi connectivity index (χ4n) is 2.03. The molecule has 1 atom stereocenters. The molecular formula is C15H24N2O3. The van der Waals surface area contributed by atoms with Crippen LogP contribution in [0.4, 0.5) is 4.79 Å². The summed E-state index contributed by atoms with van der Waals surface area (Å²) in [5, 5.41) is 0. The van der Waals surface area contributed by atoms with Gasteiger partial charge >= 0.3 is 6.09 Å². The molecule has 2 amide bonds. The molecular weight excluding hydrogens is 256 g/mol. The van der Waals surface area contributed by atoms with Gasteiger partial charge in [-0.3, -0.25) is 4.79 Å². The minimum absolute atomic E-state index is 0.0334. The number of terminal acetylenes is 1. The molecule has 1 fully saturated rings. The molecule has 1 heterocycles. The summed E-state index contributed by atoms with van der Waals surface area (Å²) in [5.41, 5.74) is -0.490. The third-order valence-electron chi connectivity index (χ3n) is 3.08. The van der Waals surface area contributed by atoms with Crippen LogP contribution < -0.4 is 0 Å². The lowest BCUT2D eigenvalue weighted by molar-refractivity contribution is -0.127. The smallest absolute Gasteiger partial charge is 0.410 e. The van der Waals surface area contributed by atoms with Crippen molar-refractivity contribution in [3.8, 4) is 12.3 Å². The third kappa shape index (κ3) is 5.12. The molecule has 1 rings (SSSR count). The van der Waals surface area contributed by atoms with E-state index < -0.39 is 5.60 Å². The summed E-state index contributed by atoms with van der Waals surface area (Å²) in [6.45, 7) is 7.32. The third-order valence-corrected chi connectivity index (χ3v) is 3.08. The highest BCUT2D eigenvalue weighted by Crippen LogP contribution is 2.17. The van der Waals surface area contributed by atoms with Gasteiger partial charge in [0.15, 0.2) is 0 Å². The second kappa shape index (κ2) is 6.65. The maximum atomic E-state index is 11.7. The van der Waals surface area contributed by atoms with Crippen molar-refractivity contribution in [3.63, 3.8) is 0 Å². The number of carbonyl (C=O) groups excluding carboxylic acids is 2. The molecule has 1 unspecified atom stereocenters. The van der Waals surface area contributed by atoms with Crippen molar-refractivity contribution in [2.24, 2.45) is 5.92 Å². The molecule has 5 heteroatoms. The molecule has 0 N–H and O–H groups in total. The van der Waals surface area contributed by atoms with E-state index in [4.69, 9.17) is 11.2 Å². The van der Waals surface area contributed by atoms with Gasteiger partial charge in [0.1, 0.15) is 5.60 Å². The van der Waals surface area contributed by atoms with Crippen molar-refractivity contribution in [2.75, 3.05) is 26.7 Å². The van der Waals surface area contributed by atoms with E-state index in [1.807, 2.05) is 20.8 Å². The number of nitrogens with zero attached hydrogens (tertiary/aromatic N) is 2. The molecule has 0 saturated carbocycles. The number of hydrogen-bond acceptors (Lipinski definition) is 3. The monoisotopic (exact) mass is 280 g/mol. The first-order chi connectivity index (χ1) is 9.23. The van der Waals surface area contributed by atoms with E-state index in [1.165, 1.54) is 4.90 Å². The van der Waals surface area contributed by atoms with Gasteiger partial charge in [-0.1, -0.05) is 0 Å². The van der Waals surface area contributed by atoms with Crippen LogP contribution in [0.1, 0.15) is 33.6 Å². The molecule has 0 aliphatic carbocycles. The molecule has 1 saturated heterocycles. The highest BCUT2D eigenvalue weighted by molar-refractivity contribution is 5.79. The van der Waals surface area contributed by atoms with Gasteiger partial charge in [-0.15, -0.1) is 12.3 Å². The van der Waals surface area contributed by atoms with E-state index in [0.29, 0.717) is 26.1 Å².